The van der Waals surface area contributed by atoms with E-state index in [4.69, 9.17) is 9.84 Å². The molecule has 0 spiro atoms. The van der Waals surface area contributed by atoms with Crippen LogP contribution in [0.3, 0.4) is 0 Å². The quantitative estimate of drug-likeness (QED) is 0.783. The summed E-state index contributed by atoms with van der Waals surface area (Å²) in [5.74, 6) is -0.514. The van der Waals surface area contributed by atoms with E-state index in [9.17, 15) is 4.79 Å². The molecule has 1 N–H and O–H groups in total. The van der Waals surface area contributed by atoms with Crippen LogP contribution in [0.15, 0.2) is 51.9 Å². The zero-order valence-corrected chi connectivity index (χ0v) is 13.7. The molecule has 0 aliphatic rings. The Morgan fingerprint density at radius 1 is 1.27 bits per heavy atom. The van der Waals surface area contributed by atoms with Gasteiger partial charge in [-0.25, -0.2) is 4.79 Å². The van der Waals surface area contributed by atoms with Gasteiger partial charge < -0.3 is 9.84 Å². The van der Waals surface area contributed by atoms with Crippen LogP contribution in [0.1, 0.15) is 18.1 Å². The Bertz CT molecular complexity index is 681. The highest BCUT2D eigenvalue weighted by Gasteiger charge is 2.04. The van der Waals surface area contributed by atoms with Gasteiger partial charge in [-0.3, -0.25) is 4.99 Å². The molecule has 0 saturated heterocycles. The average Bonchev–Trinajstić information content (AvgIpc) is 2.52. The molecule has 0 atom stereocenters. The molecular weight excluding hydrogens is 346 g/mol. The van der Waals surface area contributed by atoms with Crippen LogP contribution in [0, 0.1) is 0 Å². The van der Waals surface area contributed by atoms with Crippen LogP contribution in [0.4, 0.5) is 5.69 Å². The molecule has 0 aromatic heterocycles. The Morgan fingerprint density at radius 3 is 2.59 bits per heavy atom. The van der Waals surface area contributed by atoms with Crippen molar-refractivity contribution < 1.29 is 14.6 Å². The first-order valence-electron chi connectivity index (χ1n) is 6.85. The number of aliphatic carboxylic acids is 1. The van der Waals surface area contributed by atoms with Gasteiger partial charge >= 0.3 is 5.97 Å². The van der Waals surface area contributed by atoms with Crippen LogP contribution in [0.2, 0.25) is 0 Å². The second-order valence-corrected chi connectivity index (χ2v) is 5.50. The van der Waals surface area contributed by atoms with E-state index >= 15 is 0 Å². The predicted octanol–water partition coefficient (Wildman–Crippen LogP) is 4.23. The molecule has 0 aliphatic carbocycles. The molecule has 0 saturated carbocycles. The van der Waals surface area contributed by atoms with Gasteiger partial charge in [-0.15, -0.1) is 0 Å². The van der Waals surface area contributed by atoms with Crippen molar-refractivity contribution in [3.63, 3.8) is 0 Å². The van der Waals surface area contributed by atoms with E-state index in [2.05, 4.69) is 40.0 Å². The number of hydrogen-bond donors (Lipinski definition) is 1. The van der Waals surface area contributed by atoms with E-state index in [0.29, 0.717) is 10.2 Å². The smallest absolute Gasteiger partial charge is 0.341 e. The van der Waals surface area contributed by atoms with Crippen LogP contribution in [0.25, 0.3) is 0 Å². The first-order valence-corrected chi connectivity index (χ1v) is 7.65. The summed E-state index contributed by atoms with van der Waals surface area (Å²) in [6, 6.07) is 13.5. The highest BCUT2D eigenvalue weighted by Crippen LogP contribution is 2.25. The van der Waals surface area contributed by atoms with Gasteiger partial charge in [-0.1, -0.05) is 19.1 Å². The number of halogens is 1. The summed E-state index contributed by atoms with van der Waals surface area (Å²) in [6.45, 7) is 1.75. The van der Waals surface area contributed by atoms with E-state index in [-0.39, 0.29) is 6.61 Å². The molecule has 0 aliphatic heterocycles. The number of carboxylic acids is 1. The first kappa shape index (κ1) is 16.2. The minimum Gasteiger partial charge on any atom is -0.481 e. The molecule has 4 nitrogen and oxygen atoms in total. The summed E-state index contributed by atoms with van der Waals surface area (Å²) in [6.07, 6.45) is 2.77. The molecule has 2 rings (SSSR count). The summed E-state index contributed by atoms with van der Waals surface area (Å²) in [7, 11) is 0. The Hall–Kier alpha value is -2.14. The molecule has 0 amide bonds. The van der Waals surface area contributed by atoms with Crippen molar-refractivity contribution >= 4 is 33.8 Å². The summed E-state index contributed by atoms with van der Waals surface area (Å²) >= 11 is 3.36. The average molecular weight is 362 g/mol. The number of carbonyl (C=O) groups is 1. The van der Waals surface area contributed by atoms with E-state index in [0.717, 1.165) is 17.7 Å². The second-order valence-electron chi connectivity index (χ2n) is 4.65. The van der Waals surface area contributed by atoms with Crippen molar-refractivity contribution in [2.45, 2.75) is 13.3 Å². The van der Waals surface area contributed by atoms with Crippen molar-refractivity contribution in [3.8, 4) is 5.75 Å². The lowest BCUT2D eigenvalue weighted by Crippen LogP contribution is -2.09. The molecule has 0 unspecified atom stereocenters. The first-order chi connectivity index (χ1) is 10.6. The number of benzene rings is 2. The van der Waals surface area contributed by atoms with E-state index in [1.807, 2.05) is 24.3 Å². The fraction of sp³-hybridized carbons (Fsp3) is 0.176. The molecule has 0 heterocycles. The Balaban J connectivity index is 2.07. The fourth-order valence-corrected chi connectivity index (χ4v) is 2.33. The Morgan fingerprint density at radius 2 is 2.00 bits per heavy atom. The molecule has 2 aromatic carbocycles. The van der Waals surface area contributed by atoms with Gasteiger partial charge in [0.1, 0.15) is 5.75 Å². The normalized spacial score (nSPS) is 10.8. The predicted molar refractivity (Wildman–Crippen MR) is 90.3 cm³/mol. The summed E-state index contributed by atoms with van der Waals surface area (Å²) in [5.41, 5.74) is 3.07. The minimum absolute atomic E-state index is 0.365. The molecule has 0 radical (unpaired) electrons. The Labute approximate surface area is 137 Å². The van der Waals surface area contributed by atoms with Crippen LogP contribution < -0.4 is 4.74 Å². The number of nitrogens with zero attached hydrogens (tertiary/aromatic N) is 1. The third kappa shape index (κ3) is 4.70. The maximum Gasteiger partial charge on any atom is 0.341 e. The zero-order chi connectivity index (χ0) is 15.9. The van der Waals surface area contributed by atoms with Gasteiger partial charge in [0.05, 0.1) is 10.2 Å². The van der Waals surface area contributed by atoms with Crippen LogP contribution >= 0.6 is 15.9 Å². The number of carboxylic acid groups (broad SMARTS) is 1. The molecule has 5 heteroatoms. The van der Waals surface area contributed by atoms with Gasteiger partial charge in [0.15, 0.2) is 6.61 Å². The standard InChI is InChI=1S/C17H16BrNO3/c1-2-12-3-6-14(7-4-12)19-10-13-5-8-16(15(18)9-13)22-11-17(20)21/h3-10H,2,11H2,1H3,(H,20,21). The third-order valence-electron chi connectivity index (χ3n) is 3.01. The highest BCUT2D eigenvalue weighted by atomic mass is 79.9. The van der Waals surface area contributed by atoms with Crippen LogP contribution in [-0.2, 0) is 11.2 Å². The number of hydrogen-bond acceptors (Lipinski definition) is 3. The summed E-state index contributed by atoms with van der Waals surface area (Å²) in [5, 5.41) is 8.61. The van der Waals surface area contributed by atoms with Gasteiger partial charge in [-0.05, 0) is 63.8 Å². The van der Waals surface area contributed by atoms with Crippen molar-refractivity contribution in [1.82, 2.24) is 0 Å². The van der Waals surface area contributed by atoms with E-state index in [1.165, 1.54) is 5.56 Å². The topological polar surface area (TPSA) is 58.9 Å². The maximum absolute atomic E-state index is 10.5. The van der Waals surface area contributed by atoms with Crippen LogP contribution in [0.5, 0.6) is 5.75 Å². The molecular formula is C17H16BrNO3. The summed E-state index contributed by atoms with van der Waals surface area (Å²) in [4.78, 5) is 14.9. The largest absolute Gasteiger partial charge is 0.481 e. The van der Waals surface area contributed by atoms with Gasteiger partial charge in [0.2, 0.25) is 0 Å². The molecule has 114 valence electrons. The van der Waals surface area contributed by atoms with Crippen molar-refractivity contribution in [1.29, 1.82) is 0 Å². The summed E-state index contributed by atoms with van der Waals surface area (Å²) < 4.78 is 5.84. The van der Waals surface area contributed by atoms with E-state index < -0.39 is 5.97 Å². The monoisotopic (exact) mass is 361 g/mol. The van der Waals surface area contributed by atoms with Gasteiger partial charge in [0.25, 0.3) is 0 Å². The maximum atomic E-state index is 10.5. The molecule has 0 fully saturated rings. The van der Waals surface area contributed by atoms with E-state index in [1.54, 1.807) is 12.3 Å². The van der Waals surface area contributed by atoms with Crippen molar-refractivity contribution in [2.24, 2.45) is 4.99 Å². The lowest BCUT2D eigenvalue weighted by molar-refractivity contribution is -0.139. The molecule has 22 heavy (non-hydrogen) atoms. The molecule has 2 aromatic rings. The SMILES string of the molecule is CCc1ccc(N=Cc2ccc(OCC(=O)O)c(Br)c2)cc1. The minimum atomic E-state index is -1.01. The molecule has 0 bridgehead atoms. The zero-order valence-electron chi connectivity index (χ0n) is 12.1. The van der Waals surface area contributed by atoms with Crippen LogP contribution in [-0.4, -0.2) is 23.9 Å². The van der Waals surface area contributed by atoms with Crippen molar-refractivity contribution in [2.75, 3.05) is 6.61 Å². The number of aryl methyl sites for hydroxylation is 1. The fourth-order valence-electron chi connectivity index (χ4n) is 1.82. The number of ether oxygens (including phenoxy) is 1. The number of rotatable bonds is 6. The second kappa shape index (κ2) is 7.75. The third-order valence-corrected chi connectivity index (χ3v) is 3.63. The van der Waals surface area contributed by atoms with Crippen molar-refractivity contribution in [3.05, 3.63) is 58.1 Å². The number of aliphatic imine (C=N–C) groups is 1. The van der Waals surface area contributed by atoms with Gasteiger partial charge in [-0.2, -0.15) is 0 Å². The lowest BCUT2D eigenvalue weighted by atomic mass is 10.1. The lowest BCUT2D eigenvalue weighted by Gasteiger charge is -2.06. The highest BCUT2D eigenvalue weighted by molar-refractivity contribution is 9.10. The Kier molecular flexibility index (Phi) is 5.72. The van der Waals surface area contributed by atoms with Gasteiger partial charge in [0, 0.05) is 6.21 Å².